The average molecular weight is 230 g/mol. The summed E-state index contributed by atoms with van der Waals surface area (Å²) in [5.41, 5.74) is 0. The first-order valence-corrected chi connectivity index (χ1v) is 5.76. The predicted octanol–water partition coefficient (Wildman–Crippen LogP) is 0.289. The highest BCUT2D eigenvalue weighted by Gasteiger charge is 2.28. The van der Waals surface area contributed by atoms with Gasteiger partial charge in [-0.2, -0.15) is 12.6 Å². The maximum atomic E-state index is 11.7. The van der Waals surface area contributed by atoms with Gasteiger partial charge in [-0.3, -0.25) is 9.59 Å². The summed E-state index contributed by atoms with van der Waals surface area (Å²) in [6.07, 6.45) is 1.76. The number of nitrogens with zero attached hydrogens (tertiary/aromatic N) is 1. The topological polar surface area (TPSA) is 49.4 Å². The number of carbonyl (C=O) groups is 2. The Labute approximate surface area is 95.8 Å². The number of amides is 2. The summed E-state index contributed by atoms with van der Waals surface area (Å²) < 4.78 is 0. The third-order valence-electron chi connectivity index (χ3n) is 2.71. The predicted molar refractivity (Wildman–Crippen MR) is 61.8 cm³/mol. The van der Waals surface area contributed by atoms with Gasteiger partial charge in [-0.15, -0.1) is 0 Å². The van der Waals surface area contributed by atoms with Gasteiger partial charge in [-0.25, -0.2) is 0 Å². The van der Waals surface area contributed by atoms with E-state index in [1.54, 1.807) is 18.9 Å². The molecule has 1 rings (SSSR count). The van der Waals surface area contributed by atoms with Crippen molar-refractivity contribution in [2.75, 3.05) is 20.1 Å². The van der Waals surface area contributed by atoms with Gasteiger partial charge in [0.25, 0.3) is 0 Å². The summed E-state index contributed by atoms with van der Waals surface area (Å²) >= 11 is 4.12. The van der Waals surface area contributed by atoms with Crippen LogP contribution in [0.4, 0.5) is 0 Å². The summed E-state index contributed by atoms with van der Waals surface area (Å²) in [6, 6.07) is 0. The fourth-order valence-corrected chi connectivity index (χ4v) is 2.02. The molecule has 86 valence electrons. The Morgan fingerprint density at radius 3 is 2.73 bits per heavy atom. The van der Waals surface area contributed by atoms with Gasteiger partial charge in [-0.1, -0.05) is 0 Å². The zero-order chi connectivity index (χ0) is 11.4. The standard InChI is InChI=1S/C10H18N2O2S/c1-7(15)10(14)12-5-3-4-8(6-12)9(13)11-2/h7-8,15H,3-6H2,1-2H3,(H,11,13). The van der Waals surface area contributed by atoms with E-state index in [4.69, 9.17) is 0 Å². The number of carbonyl (C=O) groups excluding carboxylic acids is 2. The van der Waals surface area contributed by atoms with Gasteiger partial charge >= 0.3 is 0 Å². The highest BCUT2D eigenvalue weighted by molar-refractivity contribution is 7.81. The van der Waals surface area contributed by atoms with Crippen LogP contribution in [0.3, 0.4) is 0 Å². The Morgan fingerprint density at radius 2 is 2.20 bits per heavy atom. The number of nitrogens with one attached hydrogen (secondary N) is 1. The maximum Gasteiger partial charge on any atom is 0.235 e. The average Bonchev–Trinajstić information content (AvgIpc) is 2.27. The SMILES string of the molecule is CNC(=O)C1CCCN(C(=O)C(C)S)C1. The molecule has 2 unspecified atom stereocenters. The van der Waals surface area contributed by atoms with Crippen LogP contribution in [0.5, 0.6) is 0 Å². The van der Waals surface area contributed by atoms with E-state index in [9.17, 15) is 9.59 Å². The Kier molecular flexibility index (Phi) is 4.45. The van der Waals surface area contributed by atoms with Crippen LogP contribution in [0.1, 0.15) is 19.8 Å². The van der Waals surface area contributed by atoms with Crippen molar-refractivity contribution in [1.29, 1.82) is 0 Å². The van der Waals surface area contributed by atoms with Crippen LogP contribution in [0.25, 0.3) is 0 Å². The first-order valence-electron chi connectivity index (χ1n) is 5.24. The van der Waals surface area contributed by atoms with Gasteiger partial charge in [0.2, 0.25) is 11.8 Å². The molecule has 1 aliphatic heterocycles. The molecule has 15 heavy (non-hydrogen) atoms. The molecule has 1 saturated heterocycles. The van der Waals surface area contributed by atoms with Crippen molar-refractivity contribution in [3.63, 3.8) is 0 Å². The zero-order valence-corrected chi connectivity index (χ0v) is 10.1. The first kappa shape index (κ1) is 12.4. The minimum absolute atomic E-state index is 0.0203. The molecular weight excluding hydrogens is 212 g/mol. The molecule has 0 spiro atoms. The Balaban J connectivity index is 2.56. The second kappa shape index (κ2) is 5.39. The zero-order valence-electron chi connectivity index (χ0n) is 9.19. The third-order valence-corrected chi connectivity index (χ3v) is 2.93. The molecule has 0 radical (unpaired) electrons. The van der Waals surface area contributed by atoms with Crippen molar-refractivity contribution in [1.82, 2.24) is 10.2 Å². The smallest absolute Gasteiger partial charge is 0.235 e. The Bertz CT molecular complexity index is 256. The van der Waals surface area contributed by atoms with Crippen molar-refractivity contribution in [2.24, 2.45) is 5.92 Å². The third kappa shape index (κ3) is 3.12. The maximum absolute atomic E-state index is 11.7. The minimum atomic E-state index is -0.284. The largest absolute Gasteiger partial charge is 0.359 e. The molecule has 0 aromatic rings. The van der Waals surface area contributed by atoms with Crippen LogP contribution in [0.15, 0.2) is 0 Å². The van der Waals surface area contributed by atoms with E-state index < -0.39 is 0 Å². The molecule has 5 heteroatoms. The van der Waals surface area contributed by atoms with Gasteiger partial charge in [0.1, 0.15) is 0 Å². The fraction of sp³-hybridized carbons (Fsp3) is 0.800. The van der Waals surface area contributed by atoms with Gasteiger partial charge in [0.05, 0.1) is 11.2 Å². The highest BCUT2D eigenvalue weighted by atomic mass is 32.1. The second-order valence-corrected chi connectivity index (χ2v) is 4.69. The second-order valence-electron chi connectivity index (χ2n) is 3.91. The number of piperidine rings is 1. The van der Waals surface area contributed by atoms with Crippen LogP contribution in [-0.2, 0) is 9.59 Å². The lowest BCUT2D eigenvalue weighted by Crippen LogP contribution is -2.46. The molecule has 1 heterocycles. The van der Waals surface area contributed by atoms with Crippen LogP contribution in [0, 0.1) is 5.92 Å². The molecule has 0 aromatic heterocycles. The summed E-state index contributed by atoms with van der Waals surface area (Å²) in [6.45, 7) is 3.04. The lowest BCUT2D eigenvalue weighted by molar-refractivity contribution is -0.134. The molecule has 0 bridgehead atoms. The van der Waals surface area contributed by atoms with Gasteiger partial charge in [0, 0.05) is 20.1 Å². The van der Waals surface area contributed by atoms with E-state index >= 15 is 0 Å². The van der Waals surface area contributed by atoms with E-state index in [1.807, 2.05) is 0 Å². The van der Waals surface area contributed by atoms with Crippen LogP contribution in [-0.4, -0.2) is 42.1 Å². The van der Waals surface area contributed by atoms with E-state index in [2.05, 4.69) is 17.9 Å². The lowest BCUT2D eigenvalue weighted by atomic mass is 9.97. The van der Waals surface area contributed by atoms with E-state index in [0.29, 0.717) is 6.54 Å². The quantitative estimate of drug-likeness (QED) is 0.670. The van der Waals surface area contributed by atoms with Crippen molar-refractivity contribution < 1.29 is 9.59 Å². The number of likely N-dealkylation sites (tertiary alicyclic amines) is 1. The highest BCUT2D eigenvalue weighted by Crippen LogP contribution is 2.18. The number of hydrogen-bond donors (Lipinski definition) is 2. The van der Waals surface area contributed by atoms with Crippen molar-refractivity contribution in [3.8, 4) is 0 Å². The summed E-state index contributed by atoms with van der Waals surface area (Å²) in [4.78, 5) is 24.8. The number of hydrogen-bond acceptors (Lipinski definition) is 3. The normalized spacial score (nSPS) is 23.4. The van der Waals surface area contributed by atoms with Crippen LogP contribution in [0.2, 0.25) is 0 Å². The minimum Gasteiger partial charge on any atom is -0.359 e. The molecule has 2 atom stereocenters. The van der Waals surface area contributed by atoms with Crippen molar-refractivity contribution in [2.45, 2.75) is 25.0 Å². The molecular formula is C10H18N2O2S. The summed E-state index contributed by atoms with van der Waals surface area (Å²) in [5, 5.41) is 2.34. The number of rotatable bonds is 2. The van der Waals surface area contributed by atoms with Crippen LogP contribution < -0.4 is 5.32 Å². The molecule has 4 nitrogen and oxygen atoms in total. The lowest BCUT2D eigenvalue weighted by Gasteiger charge is -2.32. The van der Waals surface area contributed by atoms with Gasteiger partial charge in [0.15, 0.2) is 0 Å². The van der Waals surface area contributed by atoms with E-state index in [1.165, 1.54) is 0 Å². The van der Waals surface area contributed by atoms with Gasteiger partial charge < -0.3 is 10.2 Å². The van der Waals surface area contributed by atoms with E-state index in [-0.39, 0.29) is 23.0 Å². The molecule has 0 aliphatic carbocycles. The molecule has 1 aliphatic rings. The molecule has 0 saturated carbocycles. The molecule has 1 fully saturated rings. The summed E-state index contributed by atoms with van der Waals surface area (Å²) in [7, 11) is 1.63. The van der Waals surface area contributed by atoms with Crippen molar-refractivity contribution in [3.05, 3.63) is 0 Å². The fourth-order valence-electron chi connectivity index (χ4n) is 1.86. The Morgan fingerprint density at radius 1 is 1.53 bits per heavy atom. The summed E-state index contributed by atoms with van der Waals surface area (Å²) in [5.74, 6) is -0.00830. The van der Waals surface area contributed by atoms with Crippen LogP contribution >= 0.6 is 12.6 Å². The molecule has 2 amide bonds. The van der Waals surface area contributed by atoms with Gasteiger partial charge in [-0.05, 0) is 19.8 Å². The molecule has 1 N–H and O–H groups in total. The first-order chi connectivity index (χ1) is 7.06. The number of thiol groups is 1. The van der Waals surface area contributed by atoms with Crippen molar-refractivity contribution >= 4 is 24.4 Å². The van der Waals surface area contributed by atoms with E-state index in [0.717, 1.165) is 19.4 Å². The monoisotopic (exact) mass is 230 g/mol. The molecule has 0 aromatic carbocycles. The Hall–Kier alpha value is -0.710.